The number of nitrogens with zero attached hydrogens (tertiary/aromatic N) is 2. The molecule has 0 unspecified atom stereocenters. The second-order valence-electron chi connectivity index (χ2n) is 9.88. The summed E-state index contributed by atoms with van der Waals surface area (Å²) in [6.07, 6.45) is 0. The van der Waals surface area contributed by atoms with Gasteiger partial charge in [0.15, 0.2) is 11.5 Å². The lowest BCUT2D eigenvalue weighted by molar-refractivity contribution is -0.150. The molecule has 3 aromatic rings. The predicted octanol–water partition coefficient (Wildman–Crippen LogP) is 4.40. The minimum atomic E-state index is -0.522. The molecule has 5 rings (SSSR count). The zero-order chi connectivity index (χ0) is 27.4. The summed E-state index contributed by atoms with van der Waals surface area (Å²) in [4.78, 5) is 30.9. The van der Waals surface area contributed by atoms with E-state index < -0.39 is 5.92 Å². The van der Waals surface area contributed by atoms with Gasteiger partial charge in [-0.1, -0.05) is 48.5 Å². The van der Waals surface area contributed by atoms with Crippen molar-refractivity contribution < 1.29 is 28.5 Å². The summed E-state index contributed by atoms with van der Waals surface area (Å²) in [5.41, 5.74) is 2.93. The van der Waals surface area contributed by atoms with Crippen LogP contribution < -0.4 is 14.2 Å². The molecular formula is C31H34N2O6. The minimum Gasteiger partial charge on any atom is -0.497 e. The van der Waals surface area contributed by atoms with Crippen molar-refractivity contribution in [3.8, 4) is 17.2 Å². The molecule has 39 heavy (non-hydrogen) atoms. The van der Waals surface area contributed by atoms with E-state index in [0.717, 1.165) is 22.4 Å². The van der Waals surface area contributed by atoms with E-state index in [0.29, 0.717) is 24.6 Å². The number of esters is 1. The van der Waals surface area contributed by atoms with Crippen LogP contribution in [0.2, 0.25) is 0 Å². The van der Waals surface area contributed by atoms with E-state index >= 15 is 0 Å². The fourth-order valence-corrected chi connectivity index (χ4v) is 5.54. The molecule has 0 aromatic heterocycles. The number of fused-ring (bicyclic) bond motifs is 1. The van der Waals surface area contributed by atoms with Crippen LogP contribution in [0.3, 0.4) is 0 Å². The Balaban J connectivity index is 1.48. The first-order valence-electron chi connectivity index (χ1n) is 13.2. The van der Waals surface area contributed by atoms with Crippen molar-refractivity contribution in [3.05, 3.63) is 89.5 Å². The Morgan fingerprint density at radius 1 is 0.974 bits per heavy atom. The molecule has 0 aliphatic carbocycles. The van der Waals surface area contributed by atoms with Crippen LogP contribution >= 0.6 is 0 Å². The molecule has 1 fully saturated rings. The van der Waals surface area contributed by atoms with Gasteiger partial charge in [-0.15, -0.1) is 0 Å². The molecule has 2 aliphatic rings. The van der Waals surface area contributed by atoms with Crippen LogP contribution in [0, 0.1) is 5.92 Å². The second kappa shape index (κ2) is 11.8. The average Bonchev–Trinajstić information content (AvgIpc) is 3.58. The molecule has 204 valence electrons. The maximum atomic E-state index is 13.6. The molecule has 0 saturated carbocycles. The summed E-state index contributed by atoms with van der Waals surface area (Å²) in [6, 6.07) is 23.0. The molecule has 8 nitrogen and oxygen atoms in total. The monoisotopic (exact) mass is 530 g/mol. The standard InChI is InChI=1S/C31H34N2O6/c1-4-37-31(35)29-25(23-12-15-26-27(16-23)39-20-38-26)18-33(30(29)22-10-13-24(36-3)14-11-22)19-28(34)32(2)17-21-8-6-5-7-9-21/h5-16,25,29-30H,4,17-20H2,1-3H3/t25-,29-,30+/m1/s1. The van der Waals surface area contributed by atoms with Gasteiger partial charge in [0.25, 0.3) is 0 Å². The fraction of sp³-hybridized carbons (Fsp3) is 0.355. The molecule has 2 aliphatic heterocycles. The molecule has 0 N–H and O–H groups in total. The van der Waals surface area contributed by atoms with Gasteiger partial charge in [-0.25, -0.2) is 0 Å². The Bertz CT molecular complexity index is 1300. The first-order valence-corrected chi connectivity index (χ1v) is 13.2. The summed E-state index contributed by atoms with van der Waals surface area (Å²) in [7, 11) is 3.43. The molecule has 0 radical (unpaired) electrons. The molecule has 2 heterocycles. The number of amides is 1. The van der Waals surface area contributed by atoms with Crippen LogP contribution in [0.15, 0.2) is 72.8 Å². The Labute approximate surface area is 229 Å². The molecule has 3 aromatic carbocycles. The number of carbonyl (C=O) groups is 2. The zero-order valence-corrected chi connectivity index (χ0v) is 22.5. The Kier molecular flexibility index (Phi) is 8.02. The van der Waals surface area contributed by atoms with Crippen LogP contribution in [-0.2, 0) is 20.9 Å². The Hall–Kier alpha value is -4.04. The number of hydrogen-bond donors (Lipinski definition) is 0. The van der Waals surface area contributed by atoms with Crippen molar-refractivity contribution >= 4 is 11.9 Å². The highest BCUT2D eigenvalue weighted by Gasteiger charge is 2.48. The third kappa shape index (κ3) is 5.71. The topological polar surface area (TPSA) is 77.5 Å². The smallest absolute Gasteiger partial charge is 0.311 e. The van der Waals surface area contributed by atoms with Crippen molar-refractivity contribution in [1.82, 2.24) is 9.80 Å². The largest absolute Gasteiger partial charge is 0.497 e. The maximum absolute atomic E-state index is 13.6. The summed E-state index contributed by atoms with van der Waals surface area (Å²) in [5.74, 6) is 1.03. The van der Waals surface area contributed by atoms with E-state index in [1.807, 2.05) is 86.8 Å². The van der Waals surface area contributed by atoms with Gasteiger partial charge >= 0.3 is 5.97 Å². The third-order valence-corrected chi connectivity index (χ3v) is 7.47. The van der Waals surface area contributed by atoms with Gasteiger partial charge in [0, 0.05) is 32.1 Å². The number of methoxy groups -OCH3 is 1. The van der Waals surface area contributed by atoms with Gasteiger partial charge in [0.2, 0.25) is 12.7 Å². The number of likely N-dealkylation sites (N-methyl/N-ethyl adjacent to an activating group) is 1. The van der Waals surface area contributed by atoms with Crippen molar-refractivity contribution in [1.29, 1.82) is 0 Å². The fourth-order valence-electron chi connectivity index (χ4n) is 5.54. The summed E-state index contributed by atoms with van der Waals surface area (Å²) < 4.78 is 22.1. The van der Waals surface area contributed by atoms with E-state index in [2.05, 4.69) is 4.90 Å². The van der Waals surface area contributed by atoms with Crippen LogP contribution in [0.4, 0.5) is 0 Å². The van der Waals surface area contributed by atoms with Gasteiger partial charge in [0.1, 0.15) is 5.75 Å². The zero-order valence-electron chi connectivity index (χ0n) is 22.5. The van der Waals surface area contributed by atoms with Crippen LogP contribution in [0.1, 0.15) is 35.6 Å². The van der Waals surface area contributed by atoms with Crippen molar-refractivity contribution in [2.24, 2.45) is 5.92 Å². The number of hydrogen-bond acceptors (Lipinski definition) is 7. The first-order chi connectivity index (χ1) is 19.0. The van der Waals surface area contributed by atoms with Gasteiger partial charge in [-0.3, -0.25) is 14.5 Å². The molecule has 8 heteroatoms. The summed E-state index contributed by atoms with van der Waals surface area (Å²) in [5, 5.41) is 0. The number of benzene rings is 3. The number of likely N-dealkylation sites (tertiary alicyclic amines) is 1. The maximum Gasteiger partial charge on any atom is 0.311 e. The molecule has 1 amide bonds. The molecular weight excluding hydrogens is 496 g/mol. The molecule has 0 spiro atoms. The van der Waals surface area contributed by atoms with Crippen LogP contribution in [0.5, 0.6) is 17.2 Å². The lowest BCUT2D eigenvalue weighted by Gasteiger charge is -2.29. The Morgan fingerprint density at radius 2 is 1.69 bits per heavy atom. The van der Waals surface area contributed by atoms with Crippen LogP contribution in [0.25, 0.3) is 0 Å². The number of rotatable bonds is 9. The van der Waals surface area contributed by atoms with Gasteiger partial charge < -0.3 is 23.8 Å². The summed E-state index contributed by atoms with van der Waals surface area (Å²) in [6.45, 7) is 3.44. The highest BCUT2D eigenvalue weighted by molar-refractivity contribution is 5.79. The highest BCUT2D eigenvalue weighted by Crippen LogP contribution is 2.48. The Morgan fingerprint density at radius 3 is 2.41 bits per heavy atom. The van der Waals surface area contributed by atoms with Crippen molar-refractivity contribution in [3.63, 3.8) is 0 Å². The minimum absolute atomic E-state index is 0.0219. The van der Waals surface area contributed by atoms with Gasteiger partial charge in [-0.05, 0) is 47.9 Å². The van der Waals surface area contributed by atoms with Gasteiger partial charge in [0.05, 0.1) is 26.2 Å². The third-order valence-electron chi connectivity index (χ3n) is 7.47. The SMILES string of the molecule is CCOC(=O)[C@@H]1[C@@H](c2ccc3c(c2)OCO3)CN(CC(=O)N(C)Cc2ccccc2)[C@H]1c1ccc(OC)cc1. The van der Waals surface area contributed by atoms with E-state index in [1.54, 1.807) is 12.0 Å². The quantitative estimate of drug-likeness (QED) is 0.380. The number of carbonyl (C=O) groups excluding carboxylic acids is 2. The lowest BCUT2D eigenvalue weighted by atomic mass is 9.82. The van der Waals surface area contributed by atoms with Crippen molar-refractivity contribution in [2.75, 3.05) is 40.6 Å². The average molecular weight is 531 g/mol. The highest BCUT2D eigenvalue weighted by atomic mass is 16.7. The van der Waals surface area contributed by atoms with E-state index in [4.69, 9.17) is 18.9 Å². The second-order valence-corrected chi connectivity index (χ2v) is 9.88. The van der Waals surface area contributed by atoms with Crippen molar-refractivity contribution in [2.45, 2.75) is 25.4 Å². The van der Waals surface area contributed by atoms with E-state index in [9.17, 15) is 9.59 Å². The van der Waals surface area contributed by atoms with E-state index in [1.165, 1.54) is 0 Å². The number of ether oxygens (including phenoxy) is 4. The molecule has 3 atom stereocenters. The molecule has 1 saturated heterocycles. The predicted molar refractivity (Wildman–Crippen MR) is 146 cm³/mol. The molecule has 0 bridgehead atoms. The normalized spacial score (nSPS) is 20.0. The first kappa shape index (κ1) is 26.6. The lowest BCUT2D eigenvalue weighted by Crippen LogP contribution is -2.39. The van der Waals surface area contributed by atoms with Gasteiger partial charge in [-0.2, -0.15) is 0 Å². The van der Waals surface area contributed by atoms with E-state index in [-0.39, 0.29) is 43.8 Å². The summed E-state index contributed by atoms with van der Waals surface area (Å²) >= 11 is 0. The van der Waals surface area contributed by atoms with Crippen LogP contribution in [-0.4, -0.2) is 62.3 Å².